The Kier molecular flexibility index (Phi) is 13.8. The van der Waals surface area contributed by atoms with Crippen LogP contribution in [0.15, 0.2) is 0 Å². The maximum absolute atomic E-state index is 8.51. The molecule has 0 aromatic carbocycles. The molecule has 7 nitrogen and oxygen atoms in total. The molecule has 138 valence electrons. The molecule has 0 saturated heterocycles. The first kappa shape index (κ1) is 20.8. The van der Waals surface area contributed by atoms with Crippen molar-refractivity contribution in [2.45, 2.75) is 37.8 Å². The standard InChI is InChI=1S/C16H33NO6/c17-15-1-3-16(4-2-15)23-14-13-22-12-11-21-10-9-20-8-7-19-6-5-18/h15-16,18H,1-14,17H2. The van der Waals surface area contributed by atoms with Gasteiger partial charge in [0.2, 0.25) is 0 Å². The van der Waals surface area contributed by atoms with Crippen LogP contribution in [0.5, 0.6) is 0 Å². The molecule has 1 aliphatic carbocycles. The van der Waals surface area contributed by atoms with Gasteiger partial charge in [0.15, 0.2) is 0 Å². The lowest BCUT2D eigenvalue weighted by molar-refractivity contribution is -0.0309. The fourth-order valence-electron chi connectivity index (χ4n) is 2.36. The van der Waals surface area contributed by atoms with Gasteiger partial charge >= 0.3 is 0 Å². The number of ether oxygens (including phenoxy) is 5. The molecule has 0 heterocycles. The molecule has 0 spiro atoms. The Hall–Kier alpha value is -0.280. The summed E-state index contributed by atoms with van der Waals surface area (Å²) in [6, 6.07) is 0.361. The third kappa shape index (κ3) is 12.8. The van der Waals surface area contributed by atoms with Crippen LogP contribution < -0.4 is 5.73 Å². The number of rotatable bonds is 15. The van der Waals surface area contributed by atoms with E-state index in [1.165, 1.54) is 0 Å². The molecule has 0 aromatic heterocycles. The Morgan fingerprint density at radius 1 is 0.652 bits per heavy atom. The van der Waals surface area contributed by atoms with Gasteiger partial charge in [-0.25, -0.2) is 0 Å². The van der Waals surface area contributed by atoms with E-state index in [-0.39, 0.29) is 6.61 Å². The van der Waals surface area contributed by atoms with Crippen LogP contribution in [0.2, 0.25) is 0 Å². The third-order valence-electron chi connectivity index (χ3n) is 3.65. The van der Waals surface area contributed by atoms with E-state index in [1.807, 2.05) is 0 Å². The summed E-state index contributed by atoms with van der Waals surface area (Å²) in [7, 11) is 0. The number of hydrogen-bond acceptors (Lipinski definition) is 7. The van der Waals surface area contributed by atoms with Gasteiger partial charge < -0.3 is 34.5 Å². The van der Waals surface area contributed by atoms with Crippen LogP contribution in [-0.2, 0) is 23.7 Å². The predicted molar refractivity (Wildman–Crippen MR) is 86.5 cm³/mol. The molecule has 0 aliphatic heterocycles. The molecule has 0 unspecified atom stereocenters. The van der Waals surface area contributed by atoms with Crippen molar-refractivity contribution in [2.24, 2.45) is 5.73 Å². The van der Waals surface area contributed by atoms with Crippen LogP contribution in [0.25, 0.3) is 0 Å². The topological polar surface area (TPSA) is 92.4 Å². The highest BCUT2D eigenvalue weighted by Gasteiger charge is 2.18. The molecule has 0 bridgehead atoms. The average molecular weight is 335 g/mol. The van der Waals surface area contributed by atoms with E-state index in [4.69, 9.17) is 34.5 Å². The van der Waals surface area contributed by atoms with Crippen molar-refractivity contribution >= 4 is 0 Å². The first-order valence-electron chi connectivity index (χ1n) is 8.62. The largest absolute Gasteiger partial charge is 0.394 e. The predicted octanol–water partition coefficient (Wildman–Crippen LogP) is 0.332. The molecule has 0 radical (unpaired) electrons. The summed E-state index contributed by atoms with van der Waals surface area (Å²) in [5.41, 5.74) is 5.86. The first-order valence-corrected chi connectivity index (χ1v) is 8.62. The molecular weight excluding hydrogens is 302 g/mol. The fourth-order valence-corrected chi connectivity index (χ4v) is 2.36. The Morgan fingerprint density at radius 2 is 1.09 bits per heavy atom. The van der Waals surface area contributed by atoms with E-state index >= 15 is 0 Å². The minimum atomic E-state index is 0.0446. The molecule has 3 N–H and O–H groups in total. The van der Waals surface area contributed by atoms with Crippen molar-refractivity contribution in [3.63, 3.8) is 0 Å². The Bertz CT molecular complexity index is 249. The summed E-state index contributed by atoms with van der Waals surface area (Å²) >= 11 is 0. The Labute approximate surface area is 139 Å². The summed E-state index contributed by atoms with van der Waals surface area (Å²) in [6.45, 7) is 4.86. The van der Waals surface area contributed by atoms with Gasteiger partial charge in [0.05, 0.1) is 72.2 Å². The monoisotopic (exact) mass is 335 g/mol. The second-order valence-corrected chi connectivity index (χ2v) is 5.58. The fraction of sp³-hybridized carbons (Fsp3) is 1.00. The van der Waals surface area contributed by atoms with Crippen molar-refractivity contribution in [3.05, 3.63) is 0 Å². The smallest absolute Gasteiger partial charge is 0.0704 e. The molecule has 1 aliphatic rings. The maximum Gasteiger partial charge on any atom is 0.0704 e. The zero-order chi connectivity index (χ0) is 16.6. The minimum Gasteiger partial charge on any atom is -0.394 e. The number of aliphatic hydroxyl groups is 1. The van der Waals surface area contributed by atoms with Crippen LogP contribution >= 0.6 is 0 Å². The first-order chi connectivity index (χ1) is 11.3. The second-order valence-electron chi connectivity index (χ2n) is 5.58. The lowest BCUT2D eigenvalue weighted by atomic mass is 9.94. The van der Waals surface area contributed by atoms with Gasteiger partial charge in [-0.3, -0.25) is 0 Å². The average Bonchev–Trinajstić information content (AvgIpc) is 2.57. The van der Waals surface area contributed by atoms with Crippen molar-refractivity contribution in [1.82, 2.24) is 0 Å². The molecule has 7 heteroatoms. The van der Waals surface area contributed by atoms with Crippen LogP contribution in [0.1, 0.15) is 25.7 Å². The van der Waals surface area contributed by atoms with Gasteiger partial charge in [-0.2, -0.15) is 0 Å². The lowest BCUT2D eigenvalue weighted by Gasteiger charge is -2.26. The van der Waals surface area contributed by atoms with Crippen molar-refractivity contribution in [1.29, 1.82) is 0 Å². The van der Waals surface area contributed by atoms with E-state index in [9.17, 15) is 0 Å². The zero-order valence-electron chi connectivity index (χ0n) is 14.1. The molecule has 0 aromatic rings. The SMILES string of the molecule is NC1CCC(OCCOCCOCCOCCOCCO)CC1. The van der Waals surface area contributed by atoms with Gasteiger partial charge in [-0.1, -0.05) is 0 Å². The van der Waals surface area contributed by atoms with Crippen molar-refractivity contribution < 1.29 is 28.8 Å². The van der Waals surface area contributed by atoms with Gasteiger partial charge in [0.25, 0.3) is 0 Å². The molecule has 0 amide bonds. The highest BCUT2D eigenvalue weighted by molar-refractivity contribution is 4.74. The molecule has 1 saturated carbocycles. The highest BCUT2D eigenvalue weighted by atomic mass is 16.6. The van der Waals surface area contributed by atoms with Crippen LogP contribution in [0.4, 0.5) is 0 Å². The summed E-state index contributed by atoms with van der Waals surface area (Å²) in [5.74, 6) is 0. The summed E-state index contributed by atoms with van der Waals surface area (Å²) in [6.07, 6.45) is 4.61. The molecule has 1 fully saturated rings. The Balaban J connectivity index is 1.70. The quantitative estimate of drug-likeness (QED) is 0.417. The van der Waals surface area contributed by atoms with E-state index < -0.39 is 0 Å². The van der Waals surface area contributed by atoms with Crippen molar-refractivity contribution in [2.75, 3.05) is 66.1 Å². The summed E-state index contributed by atoms with van der Waals surface area (Å²) in [4.78, 5) is 0. The molecular formula is C16H33NO6. The van der Waals surface area contributed by atoms with E-state index in [0.717, 1.165) is 25.7 Å². The third-order valence-corrected chi connectivity index (χ3v) is 3.65. The van der Waals surface area contributed by atoms with Gasteiger partial charge in [-0.05, 0) is 25.7 Å². The summed E-state index contributed by atoms with van der Waals surface area (Å²) < 4.78 is 27.0. The van der Waals surface area contributed by atoms with Gasteiger partial charge in [0.1, 0.15) is 0 Å². The minimum absolute atomic E-state index is 0.0446. The number of aliphatic hydroxyl groups excluding tert-OH is 1. The normalized spacial score (nSPS) is 21.7. The zero-order valence-corrected chi connectivity index (χ0v) is 14.1. The second kappa shape index (κ2) is 15.3. The Morgan fingerprint density at radius 3 is 1.57 bits per heavy atom. The van der Waals surface area contributed by atoms with Crippen LogP contribution in [0, 0.1) is 0 Å². The molecule has 1 rings (SSSR count). The molecule has 23 heavy (non-hydrogen) atoms. The van der Waals surface area contributed by atoms with Crippen LogP contribution in [-0.4, -0.2) is 83.3 Å². The lowest BCUT2D eigenvalue weighted by Crippen LogP contribution is -2.30. The summed E-state index contributed by atoms with van der Waals surface area (Å²) in [5, 5.41) is 8.51. The van der Waals surface area contributed by atoms with Gasteiger partial charge in [0, 0.05) is 6.04 Å². The van der Waals surface area contributed by atoms with Gasteiger partial charge in [-0.15, -0.1) is 0 Å². The number of hydrogen-bond donors (Lipinski definition) is 2. The van der Waals surface area contributed by atoms with E-state index in [1.54, 1.807) is 0 Å². The van der Waals surface area contributed by atoms with Crippen LogP contribution in [0.3, 0.4) is 0 Å². The number of nitrogens with two attached hydrogens (primary N) is 1. The van der Waals surface area contributed by atoms with Crippen molar-refractivity contribution in [3.8, 4) is 0 Å². The molecule has 0 atom stereocenters. The highest BCUT2D eigenvalue weighted by Crippen LogP contribution is 2.19. The van der Waals surface area contributed by atoms with E-state index in [0.29, 0.717) is 71.6 Å². The van der Waals surface area contributed by atoms with E-state index in [2.05, 4.69) is 0 Å². The maximum atomic E-state index is 8.51.